The molecular formula is C26H20FN7OS. The second-order valence-electron chi connectivity index (χ2n) is 7.63. The molecule has 0 aliphatic heterocycles. The third-order valence-corrected chi connectivity index (χ3v) is 6.14. The van der Waals surface area contributed by atoms with Crippen LogP contribution in [0.4, 0.5) is 4.39 Å². The number of nitrogens with one attached hydrogen (secondary N) is 2. The smallest absolute Gasteiger partial charge is 0.250 e. The van der Waals surface area contributed by atoms with Crippen LogP contribution >= 0.6 is 11.8 Å². The second-order valence-corrected chi connectivity index (χ2v) is 8.57. The summed E-state index contributed by atoms with van der Waals surface area (Å²) in [6, 6.07) is 25.5. The molecule has 3 aromatic carbocycles. The van der Waals surface area contributed by atoms with Crippen molar-refractivity contribution in [2.24, 2.45) is 5.10 Å². The lowest BCUT2D eigenvalue weighted by Crippen LogP contribution is -2.20. The molecule has 2 aromatic heterocycles. The first-order chi connectivity index (χ1) is 17.7. The Morgan fingerprint density at radius 1 is 0.972 bits per heavy atom. The number of aromatic nitrogens is 5. The summed E-state index contributed by atoms with van der Waals surface area (Å²) in [6.07, 6.45) is 3.07. The van der Waals surface area contributed by atoms with Gasteiger partial charge in [-0.15, -0.1) is 10.2 Å². The Labute approximate surface area is 210 Å². The van der Waals surface area contributed by atoms with E-state index in [1.165, 1.54) is 30.1 Å². The average Bonchev–Trinajstić information content (AvgIpc) is 3.56. The second kappa shape index (κ2) is 10.8. The summed E-state index contributed by atoms with van der Waals surface area (Å²) in [5.41, 5.74) is 6.44. The summed E-state index contributed by atoms with van der Waals surface area (Å²) in [7, 11) is 0. The van der Waals surface area contributed by atoms with Gasteiger partial charge in [-0.3, -0.25) is 14.5 Å². The number of para-hydroxylation sites is 1. The third-order valence-electron chi connectivity index (χ3n) is 5.21. The number of amides is 1. The number of carbonyl (C=O) groups is 1. The number of benzene rings is 3. The van der Waals surface area contributed by atoms with E-state index in [-0.39, 0.29) is 17.5 Å². The van der Waals surface area contributed by atoms with Crippen molar-refractivity contribution in [2.75, 3.05) is 5.75 Å². The molecule has 0 radical (unpaired) electrons. The van der Waals surface area contributed by atoms with Gasteiger partial charge in [-0.25, -0.2) is 9.82 Å². The number of carbonyl (C=O) groups excluding carboxylic acids is 1. The topological polar surface area (TPSA) is 101 Å². The zero-order chi connectivity index (χ0) is 24.7. The van der Waals surface area contributed by atoms with Gasteiger partial charge < -0.3 is 0 Å². The highest BCUT2D eigenvalue weighted by Crippen LogP contribution is 2.27. The van der Waals surface area contributed by atoms with Gasteiger partial charge >= 0.3 is 0 Å². The summed E-state index contributed by atoms with van der Waals surface area (Å²) in [4.78, 5) is 12.5. The van der Waals surface area contributed by atoms with E-state index in [1.54, 1.807) is 18.3 Å². The standard InChI is InChI=1S/C26H20FN7OS/c27-21-13-11-18(12-14-21)24-20(16-29-31-24)15-28-30-23(35)17-36-26-33-32-25(19-7-3-1-4-8-19)34(26)22-9-5-2-6-10-22/h1-16H,17H2,(H,29,31)(H,30,35)/b28-15+. The number of hydrazone groups is 1. The average molecular weight is 498 g/mol. The van der Waals surface area contributed by atoms with E-state index in [2.05, 4.69) is 30.9 Å². The highest BCUT2D eigenvalue weighted by atomic mass is 32.2. The molecule has 0 unspecified atom stereocenters. The fourth-order valence-corrected chi connectivity index (χ4v) is 4.27. The van der Waals surface area contributed by atoms with Crippen LogP contribution in [0.5, 0.6) is 0 Å². The quantitative estimate of drug-likeness (QED) is 0.184. The Morgan fingerprint density at radius 3 is 2.44 bits per heavy atom. The normalized spacial score (nSPS) is 11.1. The van der Waals surface area contributed by atoms with Crippen molar-refractivity contribution in [3.05, 3.63) is 103 Å². The number of thioether (sulfide) groups is 1. The Balaban J connectivity index is 1.27. The molecule has 0 atom stereocenters. The van der Waals surface area contributed by atoms with Crippen LogP contribution < -0.4 is 5.43 Å². The number of hydrogen-bond donors (Lipinski definition) is 2. The summed E-state index contributed by atoms with van der Waals surface area (Å²) >= 11 is 1.26. The van der Waals surface area contributed by atoms with Gasteiger partial charge in [-0.05, 0) is 36.4 Å². The highest BCUT2D eigenvalue weighted by Gasteiger charge is 2.17. The minimum atomic E-state index is -0.322. The van der Waals surface area contributed by atoms with Crippen LogP contribution in [0.15, 0.2) is 101 Å². The molecule has 2 heterocycles. The van der Waals surface area contributed by atoms with E-state index in [0.717, 1.165) is 16.8 Å². The van der Waals surface area contributed by atoms with E-state index >= 15 is 0 Å². The van der Waals surface area contributed by atoms with Crippen LogP contribution in [-0.4, -0.2) is 42.8 Å². The van der Waals surface area contributed by atoms with E-state index in [9.17, 15) is 9.18 Å². The Morgan fingerprint density at radius 2 is 1.69 bits per heavy atom. The van der Waals surface area contributed by atoms with Gasteiger partial charge in [0.25, 0.3) is 5.91 Å². The molecule has 0 aliphatic rings. The van der Waals surface area contributed by atoms with Gasteiger partial charge in [0.1, 0.15) is 5.82 Å². The van der Waals surface area contributed by atoms with Crippen molar-refractivity contribution < 1.29 is 9.18 Å². The fourth-order valence-electron chi connectivity index (χ4n) is 3.52. The van der Waals surface area contributed by atoms with Crippen molar-refractivity contribution >= 4 is 23.9 Å². The van der Waals surface area contributed by atoms with Crippen LogP contribution in [0, 0.1) is 5.82 Å². The molecule has 0 aliphatic carbocycles. The molecule has 5 rings (SSSR count). The molecule has 0 saturated carbocycles. The maximum absolute atomic E-state index is 13.2. The van der Waals surface area contributed by atoms with Crippen molar-refractivity contribution in [1.82, 2.24) is 30.4 Å². The van der Waals surface area contributed by atoms with Crippen molar-refractivity contribution in [3.63, 3.8) is 0 Å². The summed E-state index contributed by atoms with van der Waals surface area (Å²) in [5, 5.41) is 20.2. The number of rotatable bonds is 8. The van der Waals surface area contributed by atoms with Gasteiger partial charge in [0.15, 0.2) is 11.0 Å². The largest absolute Gasteiger partial charge is 0.277 e. The summed E-state index contributed by atoms with van der Waals surface area (Å²) in [6.45, 7) is 0. The zero-order valence-electron chi connectivity index (χ0n) is 18.9. The third kappa shape index (κ3) is 5.23. The number of nitrogens with zero attached hydrogens (tertiary/aromatic N) is 5. The van der Waals surface area contributed by atoms with Gasteiger partial charge in [0.05, 0.1) is 23.9 Å². The lowest BCUT2D eigenvalue weighted by molar-refractivity contribution is -0.118. The molecule has 36 heavy (non-hydrogen) atoms. The van der Waals surface area contributed by atoms with Crippen LogP contribution in [0.1, 0.15) is 5.56 Å². The Kier molecular flexibility index (Phi) is 6.95. The minimum absolute atomic E-state index is 0.0906. The predicted molar refractivity (Wildman–Crippen MR) is 137 cm³/mol. The lowest BCUT2D eigenvalue weighted by Gasteiger charge is -2.10. The van der Waals surface area contributed by atoms with Crippen LogP contribution in [0.3, 0.4) is 0 Å². The van der Waals surface area contributed by atoms with Crippen molar-refractivity contribution in [3.8, 4) is 28.3 Å². The summed E-state index contributed by atoms with van der Waals surface area (Å²) < 4.78 is 15.1. The molecule has 0 fully saturated rings. The number of halogens is 1. The van der Waals surface area contributed by atoms with E-state index in [0.29, 0.717) is 22.2 Å². The molecule has 2 N–H and O–H groups in total. The van der Waals surface area contributed by atoms with Gasteiger partial charge in [0, 0.05) is 22.4 Å². The maximum atomic E-state index is 13.2. The number of H-pyrrole nitrogens is 1. The first kappa shape index (κ1) is 23.2. The fraction of sp³-hybridized carbons (Fsp3) is 0.0385. The van der Waals surface area contributed by atoms with Crippen LogP contribution in [0.2, 0.25) is 0 Å². The zero-order valence-corrected chi connectivity index (χ0v) is 19.7. The number of aromatic amines is 1. The molecule has 0 saturated heterocycles. The maximum Gasteiger partial charge on any atom is 0.250 e. The number of hydrogen-bond acceptors (Lipinski definition) is 6. The van der Waals surface area contributed by atoms with Gasteiger partial charge in [0.2, 0.25) is 0 Å². The van der Waals surface area contributed by atoms with Gasteiger partial charge in [-0.2, -0.15) is 10.2 Å². The van der Waals surface area contributed by atoms with E-state index < -0.39 is 0 Å². The lowest BCUT2D eigenvalue weighted by atomic mass is 10.1. The van der Waals surface area contributed by atoms with Gasteiger partial charge in [-0.1, -0.05) is 60.3 Å². The molecule has 10 heteroatoms. The van der Waals surface area contributed by atoms with E-state index in [4.69, 9.17) is 0 Å². The first-order valence-corrected chi connectivity index (χ1v) is 12.0. The van der Waals surface area contributed by atoms with Crippen LogP contribution in [-0.2, 0) is 4.79 Å². The van der Waals surface area contributed by atoms with E-state index in [1.807, 2.05) is 65.2 Å². The van der Waals surface area contributed by atoms with Crippen molar-refractivity contribution in [1.29, 1.82) is 0 Å². The molecule has 5 aromatic rings. The molecular weight excluding hydrogens is 477 g/mol. The molecule has 178 valence electrons. The Bertz CT molecular complexity index is 1480. The minimum Gasteiger partial charge on any atom is -0.277 e. The molecule has 0 bridgehead atoms. The first-order valence-electron chi connectivity index (χ1n) is 11.0. The molecule has 8 nitrogen and oxygen atoms in total. The monoisotopic (exact) mass is 497 g/mol. The molecule has 0 spiro atoms. The predicted octanol–water partition coefficient (Wildman–Crippen LogP) is 4.71. The molecule has 1 amide bonds. The summed E-state index contributed by atoms with van der Waals surface area (Å²) in [5.74, 6) is 0.160. The SMILES string of the molecule is O=C(CSc1nnc(-c2ccccc2)n1-c1ccccc1)N/N=C/c1cn[nH]c1-c1ccc(F)cc1. The van der Waals surface area contributed by atoms with Crippen molar-refractivity contribution in [2.45, 2.75) is 5.16 Å². The highest BCUT2D eigenvalue weighted by molar-refractivity contribution is 7.99. The van der Waals surface area contributed by atoms with Crippen LogP contribution in [0.25, 0.3) is 28.3 Å². The Hall–Kier alpha value is -4.57.